The second kappa shape index (κ2) is 26.0. The molecule has 6 rings (SSSR count). The van der Waals surface area contributed by atoms with E-state index in [2.05, 4.69) is 26.0 Å². The summed E-state index contributed by atoms with van der Waals surface area (Å²) < 4.78 is 57.0. The van der Waals surface area contributed by atoms with Gasteiger partial charge in [0.15, 0.2) is 19.7 Å². The highest BCUT2D eigenvalue weighted by Gasteiger charge is 2.34. The molecule has 24 heteroatoms. The molecule has 6 aromatic carbocycles. The number of aromatic hydroxyl groups is 2. The Morgan fingerprint density at radius 3 is 1.24 bits per heavy atom. The molecule has 0 aliphatic carbocycles. The average Bonchev–Trinajstić information content (AvgIpc) is 3.37. The molecule has 74 heavy (non-hydrogen) atoms. The number of ether oxygens (including phenoxy) is 1. The predicted molar refractivity (Wildman–Crippen MR) is 293 cm³/mol. The van der Waals surface area contributed by atoms with Gasteiger partial charge in [-0.05, 0) is 128 Å². The van der Waals surface area contributed by atoms with E-state index in [0.717, 1.165) is 21.9 Å². The van der Waals surface area contributed by atoms with Gasteiger partial charge in [-0.25, -0.2) is 21.6 Å². The zero-order chi connectivity index (χ0) is 54.7. The standard InChI is InChI=1S/C26H25ClN2O7S2.C24H21Cl3N2O5S2/c1-4-23(38(34,35)18-11-9-17(37-3)10-12-18)25(32)28-20-14-22(30)21(13-19(20)27)29-24(31)15-5-7-16(8-6-15)26(33)36-2;1-3-22(36(33,34)15-7-5-14(35-2)6-8-15)24(32)28-19-12-21(30)20(11-18(19)27)29-23(31)13-4-9-16(25)17(26)10-13/h5-14,23,30H,4H2,1-3H3,(H,28,32)(H,29,31);4-12,22,30H,3H2,1-2H3,(H,28,32)(H,29,31). The van der Waals surface area contributed by atoms with Crippen molar-refractivity contribution in [3.8, 4) is 11.5 Å². The molecule has 4 amide bonds. The van der Waals surface area contributed by atoms with Gasteiger partial charge >= 0.3 is 5.97 Å². The summed E-state index contributed by atoms with van der Waals surface area (Å²) in [7, 11) is -6.74. The molecular weight excluding hydrogens is 1120 g/mol. The molecule has 16 nitrogen and oxygen atoms in total. The van der Waals surface area contributed by atoms with Crippen LogP contribution in [0.25, 0.3) is 0 Å². The Morgan fingerprint density at radius 1 is 0.500 bits per heavy atom. The number of benzene rings is 6. The Hall–Kier alpha value is -5.97. The van der Waals surface area contributed by atoms with Gasteiger partial charge in [0, 0.05) is 33.1 Å². The van der Waals surface area contributed by atoms with Gasteiger partial charge < -0.3 is 36.2 Å². The van der Waals surface area contributed by atoms with Gasteiger partial charge in [-0.1, -0.05) is 60.3 Å². The van der Waals surface area contributed by atoms with Crippen molar-refractivity contribution in [2.24, 2.45) is 0 Å². The van der Waals surface area contributed by atoms with E-state index >= 15 is 0 Å². The maximum atomic E-state index is 13.1. The van der Waals surface area contributed by atoms with Crippen molar-refractivity contribution >= 4 is 142 Å². The lowest BCUT2D eigenvalue weighted by atomic mass is 10.1. The minimum Gasteiger partial charge on any atom is -0.506 e. The molecule has 6 N–H and O–H groups in total. The molecule has 0 saturated heterocycles. The first-order valence-corrected chi connectivity index (χ1v) is 28.7. The first-order chi connectivity index (χ1) is 35.0. The Morgan fingerprint density at radius 2 is 0.878 bits per heavy atom. The first-order valence-electron chi connectivity index (χ1n) is 21.7. The van der Waals surface area contributed by atoms with E-state index in [1.807, 2.05) is 12.5 Å². The molecule has 0 saturated carbocycles. The van der Waals surface area contributed by atoms with Crippen LogP contribution in [0.1, 0.15) is 57.8 Å². The van der Waals surface area contributed by atoms with Crippen LogP contribution in [-0.2, 0) is 34.0 Å². The van der Waals surface area contributed by atoms with Crippen molar-refractivity contribution in [1.82, 2.24) is 0 Å². The van der Waals surface area contributed by atoms with Gasteiger partial charge in [0.1, 0.15) is 22.0 Å². The molecule has 0 aliphatic heterocycles. The smallest absolute Gasteiger partial charge is 0.337 e. The lowest BCUT2D eigenvalue weighted by Gasteiger charge is -2.18. The highest BCUT2D eigenvalue weighted by atomic mass is 35.5. The minimum absolute atomic E-state index is 0.00492. The normalized spacial score (nSPS) is 12.0. The van der Waals surface area contributed by atoms with Crippen LogP contribution >= 0.6 is 69.9 Å². The number of thioether (sulfide) groups is 2. The lowest BCUT2D eigenvalue weighted by molar-refractivity contribution is -0.116. The third kappa shape index (κ3) is 14.4. The van der Waals surface area contributed by atoms with Crippen LogP contribution in [0.3, 0.4) is 0 Å². The lowest BCUT2D eigenvalue weighted by Crippen LogP contribution is -2.34. The van der Waals surface area contributed by atoms with Gasteiger partial charge in [-0.15, -0.1) is 23.5 Å². The number of amides is 4. The molecule has 0 fully saturated rings. The van der Waals surface area contributed by atoms with Crippen molar-refractivity contribution < 1.29 is 55.8 Å². The quantitative estimate of drug-likeness (QED) is 0.0282. The van der Waals surface area contributed by atoms with E-state index in [1.165, 1.54) is 109 Å². The first kappa shape index (κ1) is 58.9. The summed E-state index contributed by atoms with van der Waals surface area (Å²) >= 11 is 27.3. The van der Waals surface area contributed by atoms with Crippen molar-refractivity contribution in [2.45, 2.75) is 56.8 Å². The highest BCUT2D eigenvalue weighted by molar-refractivity contribution is 7.99. The molecule has 0 heterocycles. The zero-order valence-electron chi connectivity index (χ0n) is 39.7. The Bertz CT molecular complexity index is 3310. The molecule has 0 radical (unpaired) electrons. The number of esters is 1. The van der Waals surface area contributed by atoms with Crippen LogP contribution in [0.15, 0.2) is 135 Å². The number of hydrogen-bond acceptors (Lipinski definition) is 14. The number of halogens is 4. The van der Waals surface area contributed by atoms with Crippen molar-refractivity contribution in [1.29, 1.82) is 0 Å². The Labute approximate surface area is 455 Å². The predicted octanol–water partition coefficient (Wildman–Crippen LogP) is 11.5. The van der Waals surface area contributed by atoms with Crippen LogP contribution in [0, 0.1) is 0 Å². The van der Waals surface area contributed by atoms with Crippen LogP contribution < -0.4 is 21.3 Å². The fourth-order valence-electron chi connectivity index (χ4n) is 6.79. The molecule has 2 unspecified atom stereocenters. The number of methoxy groups -OCH3 is 1. The molecule has 6 aromatic rings. The fourth-order valence-corrected chi connectivity index (χ4v) is 11.6. The van der Waals surface area contributed by atoms with E-state index < -0.39 is 71.3 Å². The molecule has 390 valence electrons. The molecular formula is C50H46Cl4N4O12S4. The second-order valence-electron chi connectivity index (χ2n) is 15.5. The number of nitrogens with one attached hydrogen (secondary N) is 4. The van der Waals surface area contributed by atoms with E-state index in [4.69, 9.17) is 46.4 Å². The number of phenolic OH excluding ortho intramolecular Hbond substituents is 2. The summed E-state index contributed by atoms with van der Waals surface area (Å²) in [4.78, 5) is 64.4. The highest BCUT2D eigenvalue weighted by Crippen LogP contribution is 2.37. The van der Waals surface area contributed by atoms with Crippen molar-refractivity contribution in [3.05, 3.63) is 152 Å². The van der Waals surface area contributed by atoms with Crippen molar-refractivity contribution in [2.75, 3.05) is 40.9 Å². The van der Waals surface area contributed by atoms with E-state index in [-0.39, 0.29) is 82.2 Å². The number of carbonyl (C=O) groups excluding carboxylic acids is 5. The zero-order valence-corrected chi connectivity index (χ0v) is 46.0. The van der Waals surface area contributed by atoms with Crippen LogP contribution in [0.4, 0.5) is 22.7 Å². The largest absolute Gasteiger partial charge is 0.506 e. The van der Waals surface area contributed by atoms with Gasteiger partial charge in [-0.2, -0.15) is 0 Å². The third-order valence-electron chi connectivity index (χ3n) is 10.8. The van der Waals surface area contributed by atoms with Crippen LogP contribution in [0.5, 0.6) is 11.5 Å². The summed E-state index contributed by atoms with van der Waals surface area (Å²) in [6, 6.07) is 27.1. The van der Waals surface area contributed by atoms with E-state index in [0.29, 0.717) is 0 Å². The van der Waals surface area contributed by atoms with Crippen molar-refractivity contribution in [3.63, 3.8) is 0 Å². The summed E-state index contributed by atoms with van der Waals surface area (Å²) in [6.45, 7) is 3.16. The van der Waals surface area contributed by atoms with Gasteiger partial charge in [-0.3, -0.25) is 19.2 Å². The Kier molecular flexibility index (Phi) is 20.7. The number of anilines is 4. The van der Waals surface area contributed by atoms with Gasteiger partial charge in [0.2, 0.25) is 11.8 Å². The SMILES string of the molecule is CCC(C(=O)Nc1cc(O)c(NC(=O)c2ccc(C(=O)OC)cc2)cc1Cl)S(=O)(=O)c1ccc(SC)cc1.CCC(C(=O)Nc1cc(O)c(NC(=O)c2ccc(Cl)c(Cl)c2)cc1Cl)S(=O)(=O)c1ccc(SC)cc1. The van der Waals surface area contributed by atoms with Gasteiger partial charge in [0.25, 0.3) is 11.8 Å². The van der Waals surface area contributed by atoms with Crippen LogP contribution in [-0.4, -0.2) is 86.8 Å². The van der Waals surface area contributed by atoms with Crippen LogP contribution in [0.2, 0.25) is 20.1 Å². The van der Waals surface area contributed by atoms with Gasteiger partial charge in [0.05, 0.1) is 65.3 Å². The second-order valence-corrected chi connectivity index (χ2v) is 23.2. The summed E-state index contributed by atoms with van der Waals surface area (Å²) in [5.41, 5.74) is 0.552. The summed E-state index contributed by atoms with van der Waals surface area (Å²) in [6.07, 6.45) is 3.76. The summed E-state index contributed by atoms with van der Waals surface area (Å²) in [5, 5.41) is 28.4. The fraction of sp³-hybridized carbons (Fsp3) is 0.180. The maximum Gasteiger partial charge on any atom is 0.337 e. The molecule has 2 atom stereocenters. The summed E-state index contributed by atoms with van der Waals surface area (Å²) in [5.74, 6) is -4.15. The third-order valence-corrected chi connectivity index (χ3v) is 18.1. The number of hydrogen-bond donors (Lipinski definition) is 6. The van der Waals surface area contributed by atoms with E-state index in [1.54, 1.807) is 38.1 Å². The maximum absolute atomic E-state index is 13.1. The molecule has 0 aromatic heterocycles. The Balaban J connectivity index is 0.000000274. The average molecular weight is 1170 g/mol. The monoisotopic (exact) mass is 1160 g/mol. The molecule has 0 spiro atoms. The van der Waals surface area contributed by atoms with E-state index in [9.17, 15) is 51.0 Å². The number of sulfone groups is 2. The molecule has 0 aliphatic rings. The minimum atomic E-state index is -4.00. The number of rotatable bonds is 17. The molecule has 0 bridgehead atoms. The number of phenols is 2. The number of carbonyl (C=O) groups is 5. The topological polar surface area (TPSA) is 251 Å².